The molecule has 1 fully saturated rings. The van der Waals surface area contributed by atoms with Crippen LogP contribution in [0.5, 0.6) is 0 Å². The van der Waals surface area contributed by atoms with Gasteiger partial charge >= 0.3 is 6.03 Å². The minimum atomic E-state index is -2.91. The normalized spacial score (nSPS) is 21.6. The van der Waals surface area contributed by atoms with Crippen LogP contribution in [-0.2, 0) is 9.84 Å². The summed E-state index contributed by atoms with van der Waals surface area (Å²) in [7, 11) is -2.91. The van der Waals surface area contributed by atoms with E-state index in [4.69, 9.17) is 5.73 Å². The van der Waals surface area contributed by atoms with Gasteiger partial charge in [0.25, 0.3) is 0 Å². The zero-order valence-corrected chi connectivity index (χ0v) is 11.2. The lowest BCUT2D eigenvalue weighted by Gasteiger charge is -2.24. The molecule has 0 aromatic heterocycles. The van der Waals surface area contributed by atoms with Crippen molar-refractivity contribution in [1.29, 1.82) is 0 Å². The average Bonchev–Trinajstić information content (AvgIpc) is 2.30. The molecule has 1 saturated heterocycles. The molecule has 104 valence electrons. The summed E-state index contributed by atoms with van der Waals surface area (Å²) < 4.78 is 23.1. The van der Waals surface area contributed by atoms with Crippen molar-refractivity contribution in [2.45, 2.75) is 18.9 Å². The molecule has 1 aromatic rings. The summed E-state index contributed by atoms with van der Waals surface area (Å²) in [6.45, 7) is 0. The van der Waals surface area contributed by atoms with Crippen LogP contribution in [0.4, 0.5) is 16.2 Å². The zero-order valence-electron chi connectivity index (χ0n) is 10.4. The van der Waals surface area contributed by atoms with Gasteiger partial charge in [0.15, 0.2) is 9.84 Å². The number of benzene rings is 1. The highest BCUT2D eigenvalue weighted by Gasteiger charge is 2.24. The van der Waals surface area contributed by atoms with Gasteiger partial charge in [-0.3, -0.25) is 0 Å². The molecular weight excluding hydrogens is 266 g/mol. The van der Waals surface area contributed by atoms with E-state index < -0.39 is 15.9 Å². The highest BCUT2D eigenvalue weighted by molar-refractivity contribution is 7.91. The largest absolute Gasteiger partial charge is 0.381 e. The number of nitrogens with one attached hydrogen (secondary N) is 2. The van der Waals surface area contributed by atoms with Crippen LogP contribution in [0.3, 0.4) is 0 Å². The molecule has 0 radical (unpaired) electrons. The van der Waals surface area contributed by atoms with Crippen molar-refractivity contribution < 1.29 is 13.2 Å². The Morgan fingerprint density at radius 1 is 1.21 bits per heavy atom. The SMILES string of the molecule is NC(=O)Nc1ccc(NC2CCCS(=O)(=O)C2)cc1. The Kier molecular flexibility index (Phi) is 3.94. The number of carbonyl (C=O) groups excluding carboxylic acids is 1. The summed E-state index contributed by atoms with van der Waals surface area (Å²) in [5.41, 5.74) is 6.45. The first kappa shape index (κ1) is 13.7. The lowest BCUT2D eigenvalue weighted by atomic mass is 10.1. The van der Waals surface area contributed by atoms with Crippen LogP contribution in [0.15, 0.2) is 24.3 Å². The first-order chi connectivity index (χ1) is 8.94. The van der Waals surface area contributed by atoms with E-state index >= 15 is 0 Å². The number of nitrogens with two attached hydrogens (primary N) is 1. The highest BCUT2D eigenvalue weighted by Crippen LogP contribution is 2.19. The van der Waals surface area contributed by atoms with E-state index in [9.17, 15) is 13.2 Å². The number of sulfone groups is 1. The molecular formula is C12H17N3O3S. The lowest BCUT2D eigenvalue weighted by molar-refractivity contribution is 0.259. The van der Waals surface area contributed by atoms with E-state index in [1.165, 1.54) is 0 Å². The third-order valence-electron chi connectivity index (χ3n) is 2.99. The Labute approximate surface area is 112 Å². The highest BCUT2D eigenvalue weighted by atomic mass is 32.2. The molecule has 1 atom stereocenters. The molecule has 1 aliphatic heterocycles. The van der Waals surface area contributed by atoms with E-state index in [2.05, 4.69) is 10.6 Å². The van der Waals surface area contributed by atoms with E-state index in [0.29, 0.717) is 12.1 Å². The fraction of sp³-hybridized carbons (Fsp3) is 0.417. The smallest absolute Gasteiger partial charge is 0.316 e. The topological polar surface area (TPSA) is 101 Å². The van der Waals surface area contributed by atoms with Crippen molar-refractivity contribution in [1.82, 2.24) is 0 Å². The summed E-state index contributed by atoms with van der Waals surface area (Å²) >= 11 is 0. The zero-order chi connectivity index (χ0) is 13.9. The summed E-state index contributed by atoms with van der Waals surface area (Å²) in [4.78, 5) is 10.7. The van der Waals surface area contributed by atoms with Gasteiger partial charge in [-0.05, 0) is 37.1 Å². The Balaban J connectivity index is 1.97. The second-order valence-electron chi connectivity index (χ2n) is 4.66. The lowest BCUT2D eigenvalue weighted by Crippen LogP contribution is -2.34. The molecule has 1 unspecified atom stereocenters. The van der Waals surface area contributed by atoms with Crippen molar-refractivity contribution in [3.05, 3.63) is 24.3 Å². The van der Waals surface area contributed by atoms with Crippen molar-refractivity contribution in [3.63, 3.8) is 0 Å². The van der Waals surface area contributed by atoms with Crippen molar-refractivity contribution in [3.8, 4) is 0 Å². The first-order valence-electron chi connectivity index (χ1n) is 6.08. The number of primary amides is 1. The summed E-state index contributed by atoms with van der Waals surface area (Å²) in [6.07, 6.45) is 1.54. The van der Waals surface area contributed by atoms with Crippen LogP contribution in [0.1, 0.15) is 12.8 Å². The molecule has 0 aliphatic carbocycles. The van der Waals surface area contributed by atoms with E-state index in [1.54, 1.807) is 24.3 Å². The molecule has 1 heterocycles. The number of urea groups is 1. The maximum absolute atomic E-state index is 11.5. The predicted molar refractivity (Wildman–Crippen MR) is 74.9 cm³/mol. The predicted octanol–water partition coefficient (Wildman–Crippen LogP) is 1.17. The quantitative estimate of drug-likeness (QED) is 0.775. The Morgan fingerprint density at radius 3 is 2.42 bits per heavy atom. The molecule has 4 N–H and O–H groups in total. The van der Waals surface area contributed by atoms with Gasteiger partial charge < -0.3 is 16.4 Å². The molecule has 1 aliphatic rings. The number of amides is 2. The van der Waals surface area contributed by atoms with E-state index in [1.807, 2.05) is 0 Å². The fourth-order valence-corrected chi connectivity index (χ4v) is 3.80. The number of hydrogen-bond acceptors (Lipinski definition) is 4. The maximum Gasteiger partial charge on any atom is 0.316 e. The first-order valence-corrected chi connectivity index (χ1v) is 7.90. The molecule has 2 amide bonds. The maximum atomic E-state index is 11.5. The molecule has 2 rings (SSSR count). The van der Waals surface area contributed by atoms with Crippen LogP contribution < -0.4 is 16.4 Å². The minimum absolute atomic E-state index is 0.0475. The van der Waals surface area contributed by atoms with Gasteiger partial charge in [0.1, 0.15) is 0 Å². The molecule has 0 spiro atoms. The molecule has 6 nitrogen and oxygen atoms in total. The van der Waals surface area contributed by atoms with Crippen LogP contribution in [-0.4, -0.2) is 32.0 Å². The van der Waals surface area contributed by atoms with Gasteiger partial charge in [-0.15, -0.1) is 0 Å². The standard InChI is InChI=1S/C12H17N3O3S/c13-12(16)15-10-5-3-9(4-6-10)14-11-2-1-7-19(17,18)8-11/h3-6,11,14H,1-2,7-8H2,(H3,13,15,16). The molecule has 0 saturated carbocycles. The second kappa shape index (κ2) is 5.48. The minimum Gasteiger partial charge on any atom is -0.381 e. The second-order valence-corrected chi connectivity index (χ2v) is 6.89. The fourth-order valence-electron chi connectivity index (χ4n) is 2.16. The third-order valence-corrected chi connectivity index (χ3v) is 4.81. The van der Waals surface area contributed by atoms with E-state index in [0.717, 1.165) is 12.1 Å². The van der Waals surface area contributed by atoms with Gasteiger partial charge in [0, 0.05) is 17.4 Å². The van der Waals surface area contributed by atoms with Crippen molar-refractivity contribution in [2.75, 3.05) is 22.1 Å². The van der Waals surface area contributed by atoms with E-state index in [-0.39, 0.29) is 17.5 Å². The third kappa shape index (κ3) is 4.13. The van der Waals surface area contributed by atoms with Gasteiger partial charge in [-0.25, -0.2) is 13.2 Å². The molecule has 0 bridgehead atoms. The summed E-state index contributed by atoms with van der Waals surface area (Å²) in [5.74, 6) is 0.459. The summed E-state index contributed by atoms with van der Waals surface area (Å²) in [5, 5.41) is 5.66. The number of hydrogen-bond donors (Lipinski definition) is 3. The number of carbonyl (C=O) groups is 1. The van der Waals surface area contributed by atoms with Crippen LogP contribution >= 0.6 is 0 Å². The molecule has 19 heavy (non-hydrogen) atoms. The average molecular weight is 283 g/mol. The van der Waals surface area contributed by atoms with Gasteiger partial charge in [0.05, 0.1) is 11.5 Å². The van der Waals surface area contributed by atoms with Gasteiger partial charge in [-0.2, -0.15) is 0 Å². The number of rotatable bonds is 3. The van der Waals surface area contributed by atoms with Crippen molar-refractivity contribution in [2.24, 2.45) is 5.73 Å². The van der Waals surface area contributed by atoms with Gasteiger partial charge in [-0.1, -0.05) is 0 Å². The Hall–Kier alpha value is -1.76. The van der Waals surface area contributed by atoms with Gasteiger partial charge in [0.2, 0.25) is 0 Å². The summed E-state index contributed by atoms with van der Waals surface area (Å²) in [6, 6.07) is 6.33. The van der Waals surface area contributed by atoms with Crippen molar-refractivity contribution >= 4 is 27.2 Å². The molecule has 1 aromatic carbocycles. The Morgan fingerprint density at radius 2 is 1.84 bits per heavy atom. The van der Waals surface area contributed by atoms with Crippen LogP contribution in [0.2, 0.25) is 0 Å². The Bertz CT molecular complexity index is 554. The van der Waals surface area contributed by atoms with Crippen LogP contribution in [0.25, 0.3) is 0 Å². The van der Waals surface area contributed by atoms with Crippen LogP contribution in [0, 0.1) is 0 Å². The molecule has 7 heteroatoms. The monoisotopic (exact) mass is 283 g/mol. The number of anilines is 2.